The lowest BCUT2D eigenvalue weighted by molar-refractivity contribution is 0.233. The molecule has 1 aliphatic heterocycles. The first-order valence-electron chi connectivity index (χ1n) is 6.88. The van der Waals surface area contributed by atoms with Gasteiger partial charge in [0.15, 0.2) is 0 Å². The molecule has 1 N–H and O–H groups in total. The van der Waals surface area contributed by atoms with Crippen LogP contribution in [0.5, 0.6) is 0 Å². The Kier molecular flexibility index (Phi) is 2.90. The van der Waals surface area contributed by atoms with Crippen LogP contribution in [0.4, 0.5) is 0 Å². The van der Waals surface area contributed by atoms with Crippen LogP contribution < -0.4 is 5.32 Å². The molecule has 100 valence electrons. The predicted molar refractivity (Wildman–Crippen MR) is 75.4 cm³/mol. The minimum atomic E-state index is 0.993. The summed E-state index contributed by atoms with van der Waals surface area (Å²) in [6.07, 6.45) is 3.88. The molecule has 2 aromatic rings. The predicted octanol–water partition coefficient (Wildman–Crippen LogP) is 1.91. The van der Waals surface area contributed by atoms with Crippen LogP contribution in [0.3, 0.4) is 0 Å². The van der Waals surface area contributed by atoms with Gasteiger partial charge in [0.1, 0.15) is 10.8 Å². The largest absolute Gasteiger partial charge is 0.469 e. The van der Waals surface area contributed by atoms with Crippen molar-refractivity contribution in [2.45, 2.75) is 19.4 Å². The molecule has 0 aromatic carbocycles. The summed E-state index contributed by atoms with van der Waals surface area (Å²) < 4.78 is 5.52. The molecule has 2 aliphatic rings. The van der Waals surface area contributed by atoms with Gasteiger partial charge in [-0.15, -0.1) is 11.3 Å². The van der Waals surface area contributed by atoms with Gasteiger partial charge >= 0.3 is 0 Å². The van der Waals surface area contributed by atoms with Gasteiger partial charge in [0.2, 0.25) is 0 Å². The van der Waals surface area contributed by atoms with Crippen molar-refractivity contribution in [2.24, 2.45) is 0 Å². The second-order valence-corrected chi connectivity index (χ2v) is 6.33. The lowest BCUT2D eigenvalue weighted by Gasteiger charge is -2.26. The summed E-state index contributed by atoms with van der Waals surface area (Å²) in [5, 5.41) is 4.64. The van der Waals surface area contributed by atoms with Crippen molar-refractivity contribution in [3.63, 3.8) is 0 Å². The smallest absolute Gasteiger partial charge is 0.113 e. The topological polar surface area (TPSA) is 41.3 Å². The minimum absolute atomic E-state index is 0.993. The fourth-order valence-electron chi connectivity index (χ4n) is 2.88. The number of piperazine rings is 1. The molecule has 19 heavy (non-hydrogen) atoms. The van der Waals surface area contributed by atoms with E-state index >= 15 is 0 Å². The van der Waals surface area contributed by atoms with Crippen LogP contribution in [-0.4, -0.2) is 36.1 Å². The average molecular weight is 275 g/mol. The van der Waals surface area contributed by atoms with Gasteiger partial charge in [0.05, 0.1) is 18.5 Å². The normalized spacial score (nSPS) is 19.2. The molecule has 4 rings (SSSR count). The summed E-state index contributed by atoms with van der Waals surface area (Å²) in [7, 11) is 0. The maximum atomic E-state index is 5.52. The average Bonchev–Trinajstić information content (AvgIpc) is 3.04. The number of hydrogen-bond donors (Lipinski definition) is 1. The zero-order valence-electron chi connectivity index (χ0n) is 10.8. The van der Waals surface area contributed by atoms with E-state index in [-0.39, 0.29) is 0 Å². The maximum absolute atomic E-state index is 5.52. The molecule has 3 heterocycles. The van der Waals surface area contributed by atoms with Crippen LogP contribution in [0.25, 0.3) is 11.3 Å². The first-order valence-corrected chi connectivity index (χ1v) is 7.70. The Morgan fingerprint density at radius 1 is 1.32 bits per heavy atom. The zero-order chi connectivity index (χ0) is 12.7. The lowest BCUT2D eigenvalue weighted by Crippen LogP contribution is -2.42. The van der Waals surface area contributed by atoms with Crippen molar-refractivity contribution in [1.29, 1.82) is 0 Å². The van der Waals surface area contributed by atoms with Crippen molar-refractivity contribution in [2.75, 3.05) is 26.2 Å². The Morgan fingerprint density at radius 2 is 2.21 bits per heavy atom. The number of hydrogen-bond acceptors (Lipinski definition) is 5. The maximum Gasteiger partial charge on any atom is 0.113 e. The third-order valence-electron chi connectivity index (χ3n) is 3.89. The van der Waals surface area contributed by atoms with Gasteiger partial charge < -0.3 is 9.73 Å². The molecule has 0 amide bonds. The molecule has 0 bridgehead atoms. The first kappa shape index (κ1) is 11.6. The van der Waals surface area contributed by atoms with E-state index < -0.39 is 0 Å². The summed E-state index contributed by atoms with van der Waals surface area (Å²) in [6.45, 7) is 5.43. The van der Waals surface area contributed by atoms with E-state index in [2.05, 4.69) is 16.3 Å². The summed E-state index contributed by atoms with van der Waals surface area (Å²) in [5.41, 5.74) is 2.38. The Labute approximate surface area is 116 Å². The molecule has 5 heteroatoms. The van der Waals surface area contributed by atoms with Crippen molar-refractivity contribution in [3.05, 3.63) is 28.0 Å². The third-order valence-corrected chi connectivity index (χ3v) is 4.99. The highest BCUT2D eigenvalue weighted by Gasteiger charge is 2.23. The second kappa shape index (κ2) is 4.74. The van der Waals surface area contributed by atoms with E-state index in [0.717, 1.165) is 51.3 Å². The summed E-state index contributed by atoms with van der Waals surface area (Å²) in [6, 6.07) is 2.06. The number of nitrogens with one attached hydrogen (secondary N) is 1. The lowest BCUT2D eigenvalue weighted by atomic mass is 10.0. The van der Waals surface area contributed by atoms with Crippen LogP contribution in [0.15, 0.2) is 16.7 Å². The standard InChI is InChI=1S/C14H17N3OS/c1-2-12-14(10-3-8-18-11(1)10)16-13(19-12)9-17-6-4-15-5-7-17/h3,8,15H,1-2,4-7,9H2. The summed E-state index contributed by atoms with van der Waals surface area (Å²) in [5.74, 6) is 1.10. The minimum Gasteiger partial charge on any atom is -0.469 e. The van der Waals surface area contributed by atoms with Crippen LogP contribution in [0.2, 0.25) is 0 Å². The summed E-state index contributed by atoms with van der Waals surface area (Å²) in [4.78, 5) is 8.77. The Bertz CT molecular complexity index is 583. The number of thiazole rings is 1. The molecule has 1 fully saturated rings. The monoisotopic (exact) mass is 275 g/mol. The van der Waals surface area contributed by atoms with Gasteiger partial charge in [0.25, 0.3) is 0 Å². The molecular formula is C14H17N3OS. The van der Waals surface area contributed by atoms with E-state index in [9.17, 15) is 0 Å². The van der Waals surface area contributed by atoms with Crippen LogP contribution in [0, 0.1) is 0 Å². The third kappa shape index (κ3) is 2.12. The molecule has 0 atom stereocenters. The molecule has 2 aromatic heterocycles. The van der Waals surface area contributed by atoms with Crippen molar-refractivity contribution in [1.82, 2.24) is 15.2 Å². The number of rotatable bonds is 2. The fourth-order valence-corrected chi connectivity index (χ4v) is 4.01. The summed E-state index contributed by atoms with van der Waals surface area (Å²) >= 11 is 1.88. The fraction of sp³-hybridized carbons (Fsp3) is 0.500. The highest BCUT2D eigenvalue weighted by atomic mass is 32.1. The Balaban J connectivity index is 1.59. The first-order chi connectivity index (χ1) is 9.40. The molecule has 0 spiro atoms. The van der Waals surface area contributed by atoms with E-state index in [0.29, 0.717) is 0 Å². The van der Waals surface area contributed by atoms with E-state index in [4.69, 9.17) is 9.40 Å². The highest BCUT2D eigenvalue weighted by Crippen LogP contribution is 2.37. The van der Waals surface area contributed by atoms with Gasteiger partial charge in [-0.05, 0) is 12.5 Å². The van der Waals surface area contributed by atoms with Gasteiger partial charge in [0, 0.05) is 43.0 Å². The molecular weight excluding hydrogens is 258 g/mol. The van der Waals surface area contributed by atoms with E-state index in [1.165, 1.54) is 21.1 Å². The van der Waals surface area contributed by atoms with E-state index in [1.54, 1.807) is 6.26 Å². The number of aromatic nitrogens is 1. The van der Waals surface area contributed by atoms with E-state index in [1.807, 2.05) is 11.3 Å². The van der Waals surface area contributed by atoms with Gasteiger partial charge in [-0.2, -0.15) is 0 Å². The van der Waals surface area contributed by atoms with Crippen molar-refractivity contribution in [3.8, 4) is 11.3 Å². The number of fused-ring (bicyclic) bond motifs is 3. The Morgan fingerprint density at radius 3 is 3.11 bits per heavy atom. The number of nitrogens with zero attached hydrogens (tertiary/aromatic N) is 2. The van der Waals surface area contributed by atoms with Gasteiger partial charge in [-0.1, -0.05) is 0 Å². The van der Waals surface area contributed by atoms with Crippen LogP contribution >= 0.6 is 11.3 Å². The number of aryl methyl sites for hydroxylation is 2. The van der Waals surface area contributed by atoms with Crippen LogP contribution in [0.1, 0.15) is 15.6 Å². The molecule has 0 radical (unpaired) electrons. The molecule has 4 nitrogen and oxygen atoms in total. The highest BCUT2D eigenvalue weighted by molar-refractivity contribution is 7.12. The zero-order valence-corrected chi connectivity index (χ0v) is 11.6. The second-order valence-electron chi connectivity index (χ2n) is 5.16. The molecule has 1 saturated heterocycles. The Hall–Kier alpha value is -1.17. The van der Waals surface area contributed by atoms with Crippen LogP contribution in [-0.2, 0) is 19.4 Å². The van der Waals surface area contributed by atoms with Gasteiger partial charge in [-0.3, -0.25) is 4.90 Å². The SMILES string of the molecule is c1cc2c(o1)CCc1sc(CN3CCNCC3)nc1-2. The molecule has 0 unspecified atom stereocenters. The van der Waals surface area contributed by atoms with Crippen molar-refractivity contribution >= 4 is 11.3 Å². The van der Waals surface area contributed by atoms with Crippen molar-refractivity contribution < 1.29 is 4.42 Å². The quantitative estimate of drug-likeness (QED) is 0.909. The molecule has 1 aliphatic carbocycles. The molecule has 0 saturated carbocycles. The van der Waals surface area contributed by atoms with Gasteiger partial charge in [-0.25, -0.2) is 4.98 Å². The number of furan rings is 1.